The molecule has 1 aliphatic rings. The summed E-state index contributed by atoms with van der Waals surface area (Å²) in [6, 6.07) is 12.3. The van der Waals surface area contributed by atoms with Crippen LogP contribution in [0.5, 0.6) is 5.75 Å². The van der Waals surface area contributed by atoms with Gasteiger partial charge in [0.25, 0.3) is 0 Å². The smallest absolute Gasteiger partial charge is 0.245 e. The molecule has 180 valence electrons. The molecule has 0 aliphatic carbocycles. The molecule has 1 aliphatic heterocycles. The van der Waals surface area contributed by atoms with E-state index in [1.54, 1.807) is 30.1 Å². The lowest BCUT2D eigenvalue weighted by molar-refractivity contribution is -0.131. The van der Waals surface area contributed by atoms with Crippen molar-refractivity contribution in [2.75, 3.05) is 37.9 Å². The number of rotatable bonds is 7. The number of aryl methyl sites for hydroxylation is 2. The average Bonchev–Trinajstić information content (AvgIpc) is 3.28. The van der Waals surface area contributed by atoms with Crippen LogP contribution in [0.1, 0.15) is 24.1 Å². The standard InChI is InChI=1S/C25H30N4O4S/c1-17-7-9-19(10-8-17)33-15-14-28(3)24(30)23-6-5-13-29(23)25-26-18(2)21-12-11-20(34(4,31)32)16-22(21)27-25/h7-12,16,23H,5-6,13-15H2,1-4H3. The maximum absolute atomic E-state index is 13.2. The lowest BCUT2D eigenvalue weighted by atomic mass is 10.2. The van der Waals surface area contributed by atoms with E-state index in [1.165, 1.54) is 11.8 Å². The topological polar surface area (TPSA) is 92.7 Å². The lowest BCUT2D eigenvalue weighted by Gasteiger charge is -2.28. The van der Waals surface area contributed by atoms with Crippen molar-refractivity contribution in [3.63, 3.8) is 0 Å². The summed E-state index contributed by atoms with van der Waals surface area (Å²) in [6.45, 7) is 5.43. The SMILES string of the molecule is Cc1ccc(OCCN(C)C(=O)C2CCCN2c2nc(C)c3ccc(S(C)(=O)=O)cc3n2)cc1. The van der Waals surface area contributed by atoms with Crippen molar-refractivity contribution in [3.8, 4) is 5.75 Å². The molecular weight excluding hydrogens is 452 g/mol. The van der Waals surface area contributed by atoms with Gasteiger partial charge in [0.1, 0.15) is 18.4 Å². The molecule has 0 spiro atoms. The highest BCUT2D eigenvalue weighted by molar-refractivity contribution is 7.90. The minimum atomic E-state index is -3.35. The highest BCUT2D eigenvalue weighted by Crippen LogP contribution is 2.28. The number of nitrogens with zero attached hydrogens (tertiary/aromatic N) is 4. The number of amides is 1. The van der Waals surface area contributed by atoms with Gasteiger partial charge in [0.15, 0.2) is 9.84 Å². The van der Waals surface area contributed by atoms with Crippen LogP contribution < -0.4 is 9.64 Å². The van der Waals surface area contributed by atoms with Gasteiger partial charge < -0.3 is 14.5 Å². The van der Waals surface area contributed by atoms with Gasteiger partial charge in [0.2, 0.25) is 11.9 Å². The van der Waals surface area contributed by atoms with Gasteiger partial charge in [-0.05, 0) is 57.0 Å². The molecule has 0 N–H and O–H groups in total. The highest BCUT2D eigenvalue weighted by Gasteiger charge is 2.34. The second kappa shape index (κ2) is 9.58. The van der Waals surface area contributed by atoms with Crippen LogP contribution in [-0.4, -0.2) is 68.2 Å². The fourth-order valence-electron chi connectivity index (χ4n) is 4.17. The van der Waals surface area contributed by atoms with Crippen molar-refractivity contribution >= 4 is 32.6 Å². The summed E-state index contributed by atoms with van der Waals surface area (Å²) in [5, 5.41) is 0.795. The molecule has 8 nitrogen and oxygen atoms in total. The first kappa shape index (κ1) is 23.9. The minimum absolute atomic E-state index is 0.00348. The van der Waals surface area contributed by atoms with Crippen molar-refractivity contribution in [2.45, 2.75) is 37.6 Å². The first-order valence-corrected chi connectivity index (χ1v) is 13.2. The number of carbonyl (C=O) groups excluding carboxylic acids is 1. The van der Waals surface area contributed by atoms with Crippen molar-refractivity contribution in [2.24, 2.45) is 0 Å². The molecule has 2 heterocycles. The summed E-state index contributed by atoms with van der Waals surface area (Å²) in [5.74, 6) is 1.23. The quantitative estimate of drug-likeness (QED) is 0.511. The Morgan fingerprint density at radius 3 is 2.59 bits per heavy atom. The van der Waals surface area contributed by atoms with E-state index in [1.807, 2.05) is 43.0 Å². The molecule has 1 fully saturated rings. The Balaban J connectivity index is 1.49. The largest absolute Gasteiger partial charge is 0.492 e. The lowest BCUT2D eigenvalue weighted by Crippen LogP contribution is -2.46. The number of hydrogen-bond donors (Lipinski definition) is 0. The van der Waals surface area contributed by atoms with E-state index in [-0.39, 0.29) is 16.8 Å². The number of aromatic nitrogens is 2. The summed E-state index contributed by atoms with van der Waals surface area (Å²) in [5.41, 5.74) is 2.47. The Morgan fingerprint density at radius 2 is 1.88 bits per heavy atom. The van der Waals surface area contributed by atoms with Crippen molar-refractivity contribution in [1.29, 1.82) is 0 Å². The van der Waals surface area contributed by atoms with E-state index < -0.39 is 9.84 Å². The summed E-state index contributed by atoms with van der Waals surface area (Å²) in [7, 11) is -1.57. The fraction of sp³-hybridized carbons (Fsp3) is 0.400. The highest BCUT2D eigenvalue weighted by atomic mass is 32.2. The molecule has 1 saturated heterocycles. The summed E-state index contributed by atoms with van der Waals surface area (Å²) in [4.78, 5) is 26.4. The summed E-state index contributed by atoms with van der Waals surface area (Å²) >= 11 is 0. The second-order valence-corrected chi connectivity index (χ2v) is 10.8. The third-order valence-electron chi connectivity index (χ3n) is 6.16. The van der Waals surface area contributed by atoms with Crippen LogP contribution in [0.3, 0.4) is 0 Å². The molecule has 4 rings (SSSR count). The molecule has 34 heavy (non-hydrogen) atoms. The number of likely N-dealkylation sites (N-methyl/N-ethyl adjacent to an activating group) is 1. The van der Waals surface area contributed by atoms with E-state index >= 15 is 0 Å². The Kier molecular flexibility index (Phi) is 6.74. The van der Waals surface area contributed by atoms with Gasteiger partial charge >= 0.3 is 0 Å². The zero-order chi connectivity index (χ0) is 24.5. The number of hydrogen-bond acceptors (Lipinski definition) is 7. The van der Waals surface area contributed by atoms with Gasteiger partial charge in [0, 0.05) is 25.2 Å². The minimum Gasteiger partial charge on any atom is -0.492 e. The third kappa shape index (κ3) is 5.14. The molecule has 1 atom stereocenters. The van der Waals surface area contributed by atoms with Crippen LogP contribution in [0.4, 0.5) is 5.95 Å². The molecule has 3 aromatic rings. The molecule has 0 saturated carbocycles. The molecule has 0 bridgehead atoms. The first-order chi connectivity index (χ1) is 16.1. The van der Waals surface area contributed by atoms with Crippen molar-refractivity contribution < 1.29 is 17.9 Å². The van der Waals surface area contributed by atoms with Gasteiger partial charge in [-0.2, -0.15) is 0 Å². The zero-order valence-corrected chi connectivity index (χ0v) is 20.8. The monoisotopic (exact) mass is 482 g/mol. The fourth-order valence-corrected chi connectivity index (χ4v) is 4.82. The van der Waals surface area contributed by atoms with Crippen LogP contribution in [-0.2, 0) is 14.6 Å². The Bertz CT molecular complexity index is 1310. The van der Waals surface area contributed by atoms with Crippen molar-refractivity contribution in [3.05, 3.63) is 53.7 Å². The number of fused-ring (bicyclic) bond motifs is 1. The number of anilines is 1. The Morgan fingerprint density at radius 1 is 1.15 bits per heavy atom. The number of sulfone groups is 1. The number of ether oxygens (including phenoxy) is 1. The van der Waals surface area contributed by atoms with E-state index in [0.717, 1.165) is 23.3 Å². The predicted octanol–water partition coefficient (Wildman–Crippen LogP) is 3.16. The van der Waals surface area contributed by atoms with Crippen LogP contribution in [0.15, 0.2) is 47.4 Å². The molecule has 9 heteroatoms. The van der Waals surface area contributed by atoms with Gasteiger partial charge in [-0.3, -0.25) is 4.79 Å². The Labute approximate surface area is 200 Å². The predicted molar refractivity (Wildman–Crippen MR) is 132 cm³/mol. The number of benzene rings is 2. The molecule has 2 aromatic carbocycles. The maximum Gasteiger partial charge on any atom is 0.245 e. The van der Waals surface area contributed by atoms with E-state index in [2.05, 4.69) is 9.97 Å². The molecular formula is C25H30N4O4S. The van der Waals surface area contributed by atoms with Crippen LogP contribution >= 0.6 is 0 Å². The van der Waals surface area contributed by atoms with Crippen molar-refractivity contribution in [1.82, 2.24) is 14.9 Å². The molecule has 0 radical (unpaired) electrons. The Hall–Kier alpha value is -3.20. The zero-order valence-electron chi connectivity index (χ0n) is 20.0. The molecule has 1 amide bonds. The van der Waals surface area contributed by atoms with E-state index in [4.69, 9.17) is 4.74 Å². The van der Waals surface area contributed by atoms with Gasteiger partial charge in [-0.25, -0.2) is 18.4 Å². The van der Waals surface area contributed by atoms with Crippen LogP contribution in [0, 0.1) is 13.8 Å². The van der Waals surface area contributed by atoms with Crippen LogP contribution in [0.2, 0.25) is 0 Å². The normalized spacial score (nSPS) is 16.1. The first-order valence-electron chi connectivity index (χ1n) is 11.3. The van der Waals surface area contributed by atoms with E-state index in [0.29, 0.717) is 37.6 Å². The van der Waals surface area contributed by atoms with Gasteiger partial charge in [0.05, 0.1) is 22.7 Å². The van der Waals surface area contributed by atoms with E-state index in [9.17, 15) is 13.2 Å². The van der Waals surface area contributed by atoms with Gasteiger partial charge in [-0.1, -0.05) is 17.7 Å². The molecule has 1 unspecified atom stereocenters. The van der Waals surface area contributed by atoms with Gasteiger partial charge in [-0.15, -0.1) is 0 Å². The third-order valence-corrected chi connectivity index (χ3v) is 7.27. The number of carbonyl (C=O) groups is 1. The second-order valence-electron chi connectivity index (χ2n) is 8.83. The summed E-state index contributed by atoms with van der Waals surface area (Å²) in [6.07, 6.45) is 2.75. The van der Waals surface area contributed by atoms with Crippen LogP contribution in [0.25, 0.3) is 10.9 Å². The maximum atomic E-state index is 13.2. The molecule has 1 aromatic heterocycles. The average molecular weight is 483 g/mol. The summed E-state index contributed by atoms with van der Waals surface area (Å²) < 4.78 is 29.8.